The van der Waals surface area contributed by atoms with Gasteiger partial charge in [-0.15, -0.1) is 0 Å². The predicted octanol–water partition coefficient (Wildman–Crippen LogP) is -4.62. The molecule has 0 radical (unpaired) electrons. The smallest absolute Gasteiger partial charge is 0.740 e. The second-order valence-corrected chi connectivity index (χ2v) is 2.06. The maximum absolute atomic E-state index is 10.5. The van der Waals surface area contributed by atoms with Crippen molar-refractivity contribution in [3.05, 3.63) is 20.7 Å². The van der Waals surface area contributed by atoms with Crippen LogP contribution >= 0.6 is 0 Å². The second kappa shape index (κ2) is 4.01. The average molecular weight is 181 g/mol. The molecule has 1 heterocycles. The number of aromatic nitrogens is 3. The summed E-state index contributed by atoms with van der Waals surface area (Å²) in [6.45, 7) is 0. The van der Waals surface area contributed by atoms with Crippen LogP contribution in [0.3, 0.4) is 0 Å². The van der Waals surface area contributed by atoms with Crippen molar-refractivity contribution in [1.29, 1.82) is 0 Å². The molecule has 0 aliphatic heterocycles. The van der Waals surface area contributed by atoms with Gasteiger partial charge in [0.2, 0.25) is 0 Å². The van der Waals surface area contributed by atoms with Crippen LogP contribution in [-0.4, -0.2) is 14.8 Å². The van der Waals surface area contributed by atoms with Gasteiger partial charge in [-0.2, -0.15) is 0 Å². The summed E-state index contributed by atoms with van der Waals surface area (Å²) in [5, 5.41) is 2.26. The minimum atomic E-state index is -0.844. The second-order valence-electron chi connectivity index (χ2n) is 1.70. The molecule has 1 rings (SSSR count). The number of hydrogen-bond acceptors (Lipinski definition) is 4. The SMILES string of the molecule is Cn1[nH]c(=O)c(=O)nc1[S-].[Na+]. The van der Waals surface area contributed by atoms with Crippen LogP contribution in [0.5, 0.6) is 0 Å². The molecule has 1 aromatic rings. The number of aryl methyl sites for hydroxylation is 1. The largest absolute Gasteiger partial charge is 1.00 e. The molecule has 0 spiro atoms. The predicted molar refractivity (Wildman–Crippen MR) is 35.7 cm³/mol. The number of rotatable bonds is 0. The molecule has 0 aliphatic rings. The molecule has 0 saturated heterocycles. The topological polar surface area (TPSA) is 67.8 Å². The van der Waals surface area contributed by atoms with Gasteiger partial charge in [-0.3, -0.25) is 19.4 Å². The number of nitrogens with zero attached hydrogens (tertiary/aromatic N) is 2. The monoisotopic (exact) mass is 181 g/mol. The van der Waals surface area contributed by atoms with E-state index >= 15 is 0 Å². The van der Waals surface area contributed by atoms with Gasteiger partial charge >= 0.3 is 40.7 Å². The fourth-order valence-electron chi connectivity index (χ4n) is 0.461. The zero-order chi connectivity index (χ0) is 7.72. The third-order valence-electron chi connectivity index (χ3n) is 0.948. The van der Waals surface area contributed by atoms with Crippen molar-refractivity contribution < 1.29 is 29.6 Å². The quantitative estimate of drug-likeness (QED) is 0.248. The summed E-state index contributed by atoms with van der Waals surface area (Å²) in [6, 6.07) is 0. The van der Waals surface area contributed by atoms with Crippen molar-refractivity contribution in [1.82, 2.24) is 14.8 Å². The molecule has 0 saturated carbocycles. The Kier molecular flexibility index (Phi) is 3.95. The molecule has 1 N–H and O–H groups in total. The molecule has 0 aromatic carbocycles. The van der Waals surface area contributed by atoms with Crippen molar-refractivity contribution in [2.75, 3.05) is 0 Å². The molecule has 0 fully saturated rings. The van der Waals surface area contributed by atoms with Crippen LogP contribution in [0.1, 0.15) is 0 Å². The van der Waals surface area contributed by atoms with Crippen LogP contribution in [0.4, 0.5) is 0 Å². The van der Waals surface area contributed by atoms with E-state index in [1.807, 2.05) is 0 Å². The zero-order valence-corrected chi connectivity index (χ0v) is 8.94. The molecule has 0 bridgehead atoms. The van der Waals surface area contributed by atoms with E-state index < -0.39 is 11.1 Å². The summed E-state index contributed by atoms with van der Waals surface area (Å²) in [4.78, 5) is 24.2. The van der Waals surface area contributed by atoms with E-state index in [1.165, 1.54) is 11.7 Å². The van der Waals surface area contributed by atoms with Gasteiger partial charge in [-0.1, -0.05) is 0 Å². The molecule has 54 valence electrons. The Bertz CT molecular complexity index is 322. The van der Waals surface area contributed by atoms with Crippen LogP contribution < -0.4 is 40.7 Å². The zero-order valence-electron chi connectivity index (χ0n) is 6.12. The first-order valence-electron chi connectivity index (χ1n) is 2.45. The Labute approximate surface area is 89.5 Å². The van der Waals surface area contributed by atoms with Gasteiger partial charge in [0, 0.05) is 12.2 Å². The molecule has 0 unspecified atom stereocenters. The summed E-state index contributed by atoms with van der Waals surface area (Å²) < 4.78 is 1.21. The van der Waals surface area contributed by atoms with Gasteiger partial charge < -0.3 is 12.6 Å². The Morgan fingerprint density at radius 3 is 2.55 bits per heavy atom. The molecule has 11 heavy (non-hydrogen) atoms. The van der Waals surface area contributed by atoms with Crippen molar-refractivity contribution in [2.24, 2.45) is 7.05 Å². The van der Waals surface area contributed by atoms with Crippen molar-refractivity contribution in [3.8, 4) is 0 Å². The first-order valence-corrected chi connectivity index (χ1v) is 2.86. The summed E-state index contributed by atoms with van der Waals surface area (Å²) in [5.41, 5.74) is -1.60. The fourth-order valence-corrected chi connectivity index (χ4v) is 0.589. The first kappa shape index (κ1) is 10.8. The van der Waals surface area contributed by atoms with Crippen molar-refractivity contribution in [2.45, 2.75) is 5.16 Å². The Morgan fingerprint density at radius 1 is 1.55 bits per heavy atom. The number of nitrogens with one attached hydrogen (secondary N) is 1. The summed E-state index contributed by atoms with van der Waals surface area (Å²) >= 11 is 4.58. The van der Waals surface area contributed by atoms with Crippen molar-refractivity contribution in [3.63, 3.8) is 0 Å². The average Bonchev–Trinajstić information content (AvgIpc) is 1.84. The van der Waals surface area contributed by atoms with E-state index in [4.69, 9.17) is 0 Å². The third-order valence-corrected chi connectivity index (χ3v) is 1.31. The van der Waals surface area contributed by atoms with E-state index in [9.17, 15) is 9.59 Å². The van der Waals surface area contributed by atoms with Gasteiger partial charge in [-0.05, 0) is 0 Å². The van der Waals surface area contributed by atoms with Gasteiger partial charge in [0.1, 0.15) is 0 Å². The molecule has 0 amide bonds. The Balaban J connectivity index is 0.000001000. The molecule has 0 aliphatic carbocycles. The van der Waals surface area contributed by atoms with Crippen LogP contribution in [0.15, 0.2) is 14.7 Å². The Morgan fingerprint density at radius 2 is 2.09 bits per heavy atom. The maximum atomic E-state index is 10.5. The van der Waals surface area contributed by atoms with Gasteiger partial charge in [0.05, 0.1) is 0 Å². The molecule has 0 atom stereocenters. The normalized spacial score (nSPS) is 8.82. The number of aromatic amines is 1. The standard InChI is InChI=1S/C4H5N3O2S.Na/c1-7-4(10)5-2(8)3(9)6-7;/h1H3,(H,6,9)(H,5,8,10);/q;+1/p-1. The van der Waals surface area contributed by atoms with Crippen LogP contribution in [0.2, 0.25) is 0 Å². The Hall–Kier alpha value is -0.170. The van der Waals surface area contributed by atoms with E-state index in [0.717, 1.165) is 0 Å². The number of H-pyrrole nitrogens is 1. The summed E-state index contributed by atoms with van der Waals surface area (Å²) in [6.07, 6.45) is 0. The molecular weight excluding hydrogens is 177 g/mol. The van der Waals surface area contributed by atoms with E-state index in [1.54, 1.807) is 0 Å². The fraction of sp³-hybridized carbons (Fsp3) is 0.250. The van der Waals surface area contributed by atoms with Gasteiger partial charge in [-0.25, -0.2) is 4.98 Å². The molecule has 7 heteroatoms. The number of hydrogen-bond donors (Lipinski definition) is 1. The summed E-state index contributed by atoms with van der Waals surface area (Å²) in [5.74, 6) is 0. The summed E-state index contributed by atoms with van der Waals surface area (Å²) in [7, 11) is 1.51. The minimum Gasteiger partial charge on any atom is -0.740 e. The maximum Gasteiger partial charge on any atom is 1.00 e. The van der Waals surface area contributed by atoms with Crippen LogP contribution in [0.25, 0.3) is 0 Å². The van der Waals surface area contributed by atoms with Gasteiger partial charge in [0.25, 0.3) is 0 Å². The van der Waals surface area contributed by atoms with E-state index in [-0.39, 0.29) is 34.7 Å². The van der Waals surface area contributed by atoms with Crippen LogP contribution in [0, 0.1) is 0 Å². The minimum absolute atomic E-state index is 0. The van der Waals surface area contributed by atoms with Crippen molar-refractivity contribution >= 4 is 12.6 Å². The van der Waals surface area contributed by atoms with Crippen LogP contribution in [-0.2, 0) is 19.7 Å². The van der Waals surface area contributed by atoms with E-state index in [0.29, 0.717) is 0 Å². The third kappa shape index (κ3) is 2.41. The molecule has 1 aromatic heterocycles. The van der Waals surface area contributed by atoms with Gasteiger partial charge in [0.15, 0.2) is 0 Å². The van der Waals surface area contributed by atoms with E-state index in [2.05, 4.69) is 22.7 Å². The molecule has 5 nitrogen and oxygen atoms in total. The molecular formula is C4H4N3NaO2S. The first-order chi connectivity index (χ1) is 4.61.